The van der Waals surface area contributed by atoms with Gasteiger partial charge in [0.15, 0.2) is 0 Å². The fourth-order valence-electron chi connectivity index (χ4n) is 2.57. The summed E-state index contributed by atoms with van der Waals surface area (Å²) in [6.45, 7) is 5.35. The summed E-state index contributed by atoms with van der Waals surface area (Å²) in [6, 6.07) is 2.43. The lowest BCUT2D eigenvalue weighted by atomic mass is 9.99. The monoisotopic (exact) mass is 292 g/mol. The molecular formula is C15H24N4O2. The van der Waals surface area contributed by atoms with Crippen molar-refractivity contribution in [2.24, 2.45) is 0 Å². The maximum Gasteiger partial charge on any atom is 0.341 e. The van der Waals surface area contributed by atoms with Gasteiger partial charge in [-0.05, 0) is 39.8 Å². The molecule has 2 heterocycles. The van der Waals surface area contributed by atoms with Gasteiger partial charge in [-0.15, -0.1) is 0 Å². The number of rotatable bonds is 4. The number of nitrogen functional groups attached to an aromatic ring is 1. The van der Waals surface area contributed by atoms with Crippen molar-refractivity contribution >= 4 is 17.5 Å². The number of carbonyl (C=O) groups excluding carboxylic acids is 1. The number of esters is 1. The summed E-state index contributed by atoms with van der Waals surface area (Å²) >= 11 is 0. The first kappa shape index (κ1) is 15.6. The highest BCUT2D eigenvalue weighted by atomic mass is 16.5. The molecule has 0 amide bonds. The van der Waals surface area contributed by atoms with Crippen molar-refractivity contribution in [3.63, 3.8) is 0 Å². The Morgan fingerprint density at radius 2 is 2.38 bits per heavy atom. The smallest absolute Gasteiger partial charge is 0.341 e. The van der Waals surface area contributed by atoms with Gasteiger partial charge in [0.05, 0.1) is 18.5 Å². The summed E-state index contributed by atoms with van der Waals surface area (Å²) in [5, 5.41) is 3.37. The third-order valence-electron chi connectivity index (χ3n) is 3.95. The number of ether oxygens (including phenoxy) is 1. The predicted molar refractivity (Wildman–Crippen MR) is 83.3 cm³/mol. The Balaban J connectivity index is 2.14. The largest absolute Gasteiger partial charge is 0.462 e. The Kier molecular flexibility index (Phi) is 5.01. The summed E-state index contributed by atoms with van der Waals surface area (Å²) in [6.07, 6.45) is 3.60. The molecule has 0 radical (unpaired) electrons. The minimum absolute atomic E-state index is 0.306. The lowest BCUT2D eigenvalue weighted by molar-refractivity contribution is 0.0527. The molecule has 1 aromatic heterocycles. The van der Waals surface area contributed by atoms with E-state index in [1.165, 1.54) is 0 Å². The molecule has 1 aromatic rings. The van der Waals surface area contributed by atoms with E-state index in [-0.39, 0.29) is 5.97 Å². The van der Waals surface area contributed by atoms with Gasteiger partial charge in [0.25, 0.3) is 0 Å². The van der Waals surface area contributed by atoms with Gasteiger partial charge in [0, 0.05) is 18.6 Å². The topological polar surface area (TPSA) is 80.5 Å². The van der Waals surface area contributed by atoms with E-state index in [0.29, 0.717) is 35.8 Å². The third-order valence-corrected chi connectivity index (χ3v) is 3.95. The second-order valence-corrected chi connectivity index (χ2v) is 5.58. The number of nitrogens with zero attached hydrogens (tertiary/aromatic N) is 2. The molecule has 3 N–H and O–H groups in total. The molecule has 2 rings (SSSR count). The third kappa shape index (κ3) is 3.85. The van der Waals surface area contributed by atoms with Crippen molar-refractivity contribution in [3.05, 3.63) is 17.8 Å². The van der Waals surface area contributed by atoms with E-state index in [4.69, 9.17) is 10.5 Å². The molecule has 6 nitrogen and oxygen atoms in total. The van der Waals surface area contributed by atoms with Crippen LogP contribution >= 0.6 is 0 Å². The number of carbonyl (C=O) groups is 1. The molecule has 0 spiro atoms. The van der Waals surface area contributed by atoms with E-state index in [9.17, 15) is 4.79 Å². The molecular weight excluding hydrogens is 268 g/mol. The number of hydrogen-bond acceptors (Lipinski definition) is 6. The zero-order valence-corrected chi connectivity index (χ0v) is 12.9. The summed E-state index contributed by atoms with van der Waals surface area (Å²) in [5.41, 5.74) is 6.59. The number of aromatic nitrogens is 1. The van der Waals surface area contributed by atoms with E-state index in [0.717, 1.165) is 19.4 Å². The van der Waals surface area contributed by atoms with Gasteiger partial charge >= 0.3 is 5.97 Å². The Morgan fingerprint density at radius 3 is 3.05 bits per heavy atom. The number of pyridine rings is 1. The minimum atomic E-state index is -0.388. The lowest BCUT2D eigenvalue weighted by Crippen LogP contribution is -2.42. The normalized spacial score (nSPS) is 22.8. The van der Waals surface area contributed by atoms with Crippen molar-refractivity contribution in [3.8, 4) is 0 Å². The second-order valence-electron chi connectivity index (χ2n) is 5.58. The number of nitrogens with one attached hydrogen (secondary N) is 1. The minimum Gasteiger partial charge on any atom is -0.462 e. The zero-order chi connectivity index (χ0) is 15.4. The predicted octanol–water partition coefficient (Wildman–Crippen LogP) is 1.74. The van der Waals surface area contributed by atoms with Gasteiger partial charge in [0.1, 0.15) is 11.4 Å². The summed E-state index contributed by atoms with van der Waals surface area (Å²) < 4.78 is 5.07. The van der Waals surface area contributed by atoms with E-state index in [2.05, 4.69) is 29.2 Å². The van der Waals surface area contributed by atoms with Gasteiger partial charge in [-0.3, -0.25) is 0 Å². The summed E-state index contributed by atoms with van der Waals surface area (Å²) in [7, 11) is 2.13. The van der Waals surface area contributed by atoms with Gasteiger partial charge in [-0.25, -0.2) is 9.78 Å². The molecule has 6 heteroatoms. The lowest BCUT2D eigenvalue weighted by Gasteiger charge is -2.35. The number of piperidine rings is 1. The van der Waals surface area contributed by atoms with E-state index < -0.39 is 0 Å². The van der Waals surface area contributed by atoms with Crippen LogP contribution in [0.15, 0.2) is 12.3 Å². The Hall–Kier alpha value is -1.82. The standard InChI is InChI=1S/C15H24N4O2/c1-4-21-15(20)13-8-11(16)9-17-14(13)18-12-5-6-19(3)10(2)7-12/h8-10,12H,4-7,16H2,1-3H3,(H,17,18). The SMILES string of the molecule is CCOC(=O)c1cc(N)cnc1NC1CCN(C)C(C)C1. The maximum atomic E-state index is 12.0. The van der Waals surface area contributed by atoms with Gasteiger partial charge in [-0.2, -0.15) is 0 Å². The average molecular weight is 292 g/mol. The average Bonchev–Trinajstić information content (AvgIpc) is 2.45. The highest BCUT2D eigenvalue weighted by molar-refractivity contribution is 5.95. The molecule has 2 atom stereocenters. The van der Waals surface area contributed by atoms with Crippen LogP contribution in [0.1, 0.15) is 37.0 Å². The van der Waals surface area contributed by atoms with Crippen LogP contribution in [-0.2, 0) is 4.74 Å². The van der Waals surface area contributed by atoms with Crippen LogP contribution in [-0.4, -0.2) is 48.1 Å². The Bertz CT molecular complexity index is 506. The van der Waals surface area contributed by atoms with E-state index in [1.54, 1.807) is 19.2 Å². The van der Waals surface area contributed by atoms with Crippen molar-refractivity contribution in [2.75, 3.05) is 31.2 Å². The van der Waals surface area contributed by atoms with Gasteiger partial charge < -0.3 is 20.7 Å². The van der Waals surface area contributed by atoms with Gasteiger partial charge in [-0.1, -0.05) is 0 Å². The van der Waals surface area contributed by atoms with Crippen LogP contribution in [0.4, 0.5) is 11.5 Å². The quantitative estimate of drug-likeness (QED) is 0.823. The van der Waals surface area contributed by atoms with Crippen LogP contribution in [0.2, 0.25) is 0 Å². The number of hydrogen-bond donors (Lipinski definition) is 2. The molecule has 0 saturated carbocycles. The second kappa shape index (κ2) is 6.76. The molecule has 1 aliphatic rings. The van der Waals surface area contributed by atoms with E-state index in [1.807, 2.05) is 0 Å². The zero-order valence-electron chi connectivity index (χ0n) is 12.9. The molecule has 0 aliphatic carbocycles. The van der Waals surface area contributed by atoms with E-state index >= 15 is 0 Å². The van der Waals surface area contributed by atoms with Crippen molar-refractivity contribution in [2.45, 2.75) is 38.8 Å². The first-order valence-corrected chi connectivity index (χ1v) is 7.40. The molecule has 1 fully saturated rings. The highest BCUT2D eigenvalue weighted by Crippen LogP contribution is 2.22. The molecule has 2 unspecified atom stereocenters. The molecule has 0 bridgehead atoms. The van der Waals surface area contributed by atoms with Crippen molar-refractivity contribution in [1.29, 1.82) is 0 Å². The van der Waals surface area contributed by atoms with Crippen molar-refractivity contribution in [1.82, 2.24) is 9.88 Å². The van der Waals surface area contributed by atoms with Crippen molar-refractivity contribution < 1.29 is 9.53 Å². The van der Waals surface area contributed by atoms with Gasteiger partial charge in [0.2, 0.25) is 0 Å². The van der Waals surface area contributed by atoms with Crippen LogP contribution in [0.25, 0.3) is 0 Å². The van der Waals surface area contributed by atoms with Crippen LogP contribution in [0.5, 0.6) is 0 Å². The van der Waals surface area contributed by atoms with Crippen LogP contribution in [0.3, 0.4) is 0 Å². The molecule has 0 aromatic carbocycles. The molecule has 1 saturated heterocycles. The van der Waals surface area contributed by atoms with Crippen LogP contribution < -0.4 is 11.1 Å². The highest BCUT2D eigenvalue weighted by Gasteiger charge is 2.24. The maximum absolute atomic E-state index is 12.0. The van der Waals surface area contributed by atoms with Crippen LogP contribution in [0, 0.1) is 0 Å². The molecule has 21 heavy (non-hydrogen) atoms. The Morgan fingerprint density at radius 1 is 1.62 bits per heavy atom. The Labute approximate surface area is 125 Å². The number of likely N-dealkylation sites (tertiary alicyclic amines) is 1. The summed E-state index contributed by atoms with van der Waals surface area (Å²) in [4.78, 5) is 18.6. The first-order valence-electron chi connectivity index (χ1n) is 7.40. The fourth-order valence-corrected chi connectivity index (χ4v) is 2.57. The summed E-state index contributed by atoms with van der Waals surface area (Å²) in [5.74, 6) is 0.171. The molecule has 1 aliphatic heterocycles. The fraction of sp³-hybridized carbons (Fsp3) is 0.600. The number of nitrogens with two attached hydrogens (primary N) is 1. The number of anilines is 2. The first-order chi connectivity index (χ1) is 10.0. The molecule has 116 valence electrons.